The molecule has 1 saturated heterocycles. The highest BCUT2D eigenvalue weighted by Gasteiger charge is 2.36. The van der Waals surface area contributed by atoms with E-state index in [9.17, 15) is 4.79 Å². The molecule has 4 rings (SSSR count). The minimum absolute atomic E-state index is 0.00678. The molecule has 128 valence electrons. The molecule has 1 saturated carbocycles. The molecule has 2 fully saturated rings. The van der Waals surface area contributed by atoms with Crippen molar-refractivity contribution in [3.63, 3.8) is 0 Å². The molecule has 2 atom stereocenters. The van der Waals surface area contributed by atoms with Gasteiger partial charge in [0, 0.05) is 25.0 Å². The second-order valence-electron chi connectivity index (χ2n) is 7.05. The van der Waals surface area contributed by atoms with Crippen LogP contribution in [0.4, 0.5) is 0 Å². The van der Waals surface area contributed by atoms with E-state index in [-0.39, 0.29) is 5.91 Å². The zero-order valence-corrected chi connectivity index (χ0v) is 14.0. The van der Waals surface area contributed by atoms with Crippen LogP contribution in [0.25, 0.3) is 0 Å². The summed E-state index contributed by atoms with van der Waals surface area (Å²) in [6.07, 6.45) is 4.71. The van der Waals surface area contributed by atoms with Crippen LogP contribution in [0.2, 0.25) is 0 Å². The predicted octanol–water partition coefficient (Wildman–Crippen LogP) is 3.39. The second-order valence-corrected chi connectivity index (χ2v) is 7.05. The number of amides is 1. The first-order chi connectivity index (χ1) is 11.7. The van der Waals surface area contributed by atoms with Gasteiger partial charge in [-0.25, -0.2) is 0 Å². The topological polar surface area (TPSA) is 58.6 Å². The van der Waals surface area contributed by atoms with Crippen molar-refractivity contribution in [2.24, 2.45) is 5.92 Å². The summed E-state index contributed by atoms with van der Waals surface area (Å²) in [7, 11) is 0. The van der Waals surface area contributed by atoms with Crippen LogP contribution in [0.15, 0.2) is 39.4 Å². The van der Waals surface area contributed by atoms with Crippen LogP contribution < -0.4 is 5.32 Å². The van der Waals surface area contributed by atoms with Crippen LogP contribution in [-0.2, 0) is 6.54 Å². The quantitative estimate of drug-likeness (QED) is 0.914. The highest BCUT2D eigenvalue weighted by molar-refractivity contribution is 5.91. The lowest BCUT2D eigenvalue weighted by molar-refractivity contribution is 0.0672. The van der Waals surface area contributed by atoms with E-state index in [1.165, 1.54) is 6.42 Å². The van der Waals surface area contributed by atoms with Gasteiger partial charge in [-0.3, -0.25) is 4.79 Å². The summed E-state index contributed by atoms with van der Waals surface area (Å²) in [6, 6.07) is 8.11. The number of carbonyl (C=O) groups is 1. The maximum Gasteiger partial charge on any atom is 0.289 e. The molecule has 0 bridgehead atoms. The Hall–Kier alpha value is -2.01. The number of piperidine rings is 1. The van der Waals surface area contributed by atoms with Crippen molar-refractivity contribution in [2.45, 2.75) is 44.7 Å². The Kier molecular flexibility index (Phi) is 4.19. The van der Waals surface area contributed by atoms with Crippen LogP contribution in [-0.4, -0.2) is 29.9 Å². The largest absolute Gasteiger partial charge is 0.464 e. The number of furan rings is 2. The number of hydrogen-bond donors (Lipinski definition) is 1. The predicted molar refractivity (Wildman–Crippen MR) is 89.7 cm³/mol. The van der Waals surface area contributed by atoms with Gasteiger partial charge >= 0.3 is 0 Å². The van der Waals surface area contributed by atoms with E-state index in [1.54, 1.807) is 18.4 Å². The SMILES string of the molecule is CC1CC1c1ccc(CNC2CCN(C(=O)c3ccco3)CC2)o1. The molecule has 1 aliphatic heterocycles. The third kappa shape index (κ3) is 3.26. The highest BCUT2D eigenvalue weighted by Crippen LogP contribution is 2.47. The Balaban J connectivity index is 1.23. The fourth-order valence-corrected chi connectivity index (χ4v) is 3.50. The Labute approximate surface area is 142 Å². The Morgan fingerprint density at radius 2 is 2.08 bits per heavy atom. The van der Waals surface area contributed by atoms with E-state index in [0.29, 0.717) is 17.7 Å². The number of likely N-dealkylation sites (tertiary alicyclic amines) is 1. The lowest BCUT2D eigenvalue weighted by atomic mass is 10.0. The van der Waals surface area contributed by atoms with E-state index in [0.717, 1.165) is 49.9 Å². The highest BCUT2D eigenvalue weighted by atomic mass is 16.3. The van der Waals surface area contributed by atoms with Crippen LogP contribution in [0.1, 0.15) is 54.2 Å². The molecule has 0 spiro atoms. The van der Waals surface area contributed by atoms with Gasteiger partial charge in [0.15, 0.2) is 5.76 Å². The first-order valence-electron chi connectivity index (χ1n) is 8.85. The molecular formula is C19H24N2O3. The van der Waals surface area contributed by atoms with Gasteiger partial charge in [-0.1, -0.05) is 6.92 Å². The molecule has 1 amide bonds. The Morgan fingerprint density at radius 3 is 2.75 bits per heavy atom. The fourth-order valence-electron chi connectivity index (χ4n) is 3.50. The molecule has 2 unspecified atom stereocenters. The van der Waals surface area contributed by atoms with Crippen molar-refractivity contribution >= 4 is 5.91 Å². The molecule has 2 aromatic rings. The molecule has 1 N–H and O–H groups in total. The van der Waals surface area contributed by atoms with Gasteiger partial charge in [0.25, 0.3) is 5.91 Å². The number of carbonyl (C=O) groups excluding carboxylic acids is 1. The van der Waals surface area contributed by atoms with Gasteiger partial charge in [0.1, 0.15) is 11.5 Å². The van der Waals surface area contributed by atoms with Gasteiger partial charge in [-0.05, 0) is 49.4 Å². The minimum atomic E-state index is -0.00678. The van der Waals surface area contributed by atoms with Crippen LogP contribution in [0.3, 0.4) is 0 Å². The smallest absolute Gasteiger partial charge is 0.289 e. The number of rotatable bonds is 5. The molecule has 0 aromatic carbocycles. The van der Waals surface area contributed by atoms with Crippen LogP contribution in [0.5, 0.6) is 0 Å². The average Bonchev–Trinajstić information content (AvgIpc) is 3.04. The molecule has 2 aromatic heterocycles. The molecule has 3 heterocycles. The summed E-state index contributed by atoms with van der Waals surface area (Å²) in [6.45, 7) is 4.56. The third-order valence-corrected chi connectivity index (χ3v) is 5.24. The third-order valence-electron chi connectivity index (χ3n) is 5.24. The van der Waals surface area contributed by atoms with E-state index in [4.69, 9.17) is 8.83 Å². The van der Waals surface area contributed by atoms with Crippen molar-refractivity contribution < 1.29 is 13.6 Å². The molecule has 24 heavy (non-hydrogen) atoms. The maximum atomic E-state index is 12.2. The van der Waals surface area contributed by atoms with Gasteiger partial charge in [0.05, 0.1) is 12.8 Å². The van der Waals surface area contributed by atoms with Gasteiger partial charge < -0.3 is 19.1 Å². The maximum absolute atomic E-state index is 12.2. The zero-order valence-electron chi connectivity index (χ0n) is 14.0. The van der Waals surface area contributed by atoms with Crippen molar-refractivity contribution in [2.75, 3.05) is 13.1 Å². The van der Waals surface area contributed by atoms with E-state index in [2.05, 4.69) is 24.4 Å². The standard InChI is InChI=1S/C19H24N2O3/c1-13-11-16(13)17-5-4-15(24-17)12-20-14-6-8-21(9-7-14)19(22)18-3-2-10-23-18/h2-5,10,13-14,16,20H,6-9,11-12H2,1H3. The van der Waals surface area contributed by atoms with Crippen molar-refractivity contribution in [3.8, 4) is 0 Å². The number of nitrogens with zero attached hydrogens (tertiary/aromatic N) is 1. The summed E-state index contributed by atoms with van der Waals surface area (Å²) in [4.78, 5) is 14.1. The normalized spacial score (nSPS) is 24.3. The van der Waals surface area contributed by atoms with E-state index < -0.39 is 0 Å². The van der Waals surface area contributed by atoms with Crippen LogP contribution >= 0.6 is 0 Å². The summed E-state index contributed by atoms with van der Waals surface area (Å²) < 4.78 is 11.1. The monoisotopic (exact) mass is 328 g/mol. The molecule has 0 radical (unpaired) electrons. The van der Waals surface area contributed by atoms with E-state index >= 15 is 0 Å². The van der Waals surface area contributed by atoms with Crippen molar-refractivity contribution in [1.82, 2.24) is 10.2 Å². The molecular weight excluding hydrogens is 304 g/mol. The summed E-state index contributed by atoms with van der Waals surface area (Å²) in [5, 5.41) is 3.56. The average molecular weight is 328 g/mol. The van der Waals surface area contributed by atoms with Gasteiger partial charge in [0.2, 0.25) is 0 Å². The first kappa shape index (κ1) is 15.5. The second kappa shape index (κ2) is 6.48. The van der Waals surface area contributed by atoms with Crippen molar-refractivity contribution in [3.05, 3.63) is 47.8 Å². The Morgan fingerprint density at radius 1 is 1.29 bits per heavy atom. The van der Waals surface area contributed by atoms with Gasteiger partial charge in [-0.2, -0.15) is 0 Å². The van der Waals surface area contributed by atoms with Crippen molar-refractivity contribution in [1.29, 1.82) is 0 Å². The molecule has 2 aliphatic rings. The summed E-state index contributed by atoms with van der Waals surface area (Å²) in [5.74, 6) is 3.98. The minimum Gasteiger partial charge on any atom is -0.464 e. The lowest BCUT2D eigenvalue weighted by Crippen LogP contribution is -2.44. The lowest BCUT2D eigenvalue weighted by Gasteiger charge is -2.31. The molecule has 5 heteroatoms. The molecule has 5 nitrogen and oxygen atoms in total. The van der Waals surface area contributed by atoms with Crippen LogP contribution in [0, 0.1) is 5.92 Å². The van der Waals surface area contributed by atoms with E-state index in [1.807, 2.05) is 4.90 Å². The first-order valence-corrected chi connectivity index (χ1v) is 8.85. The number of nitrogens with one attached hydrogen (secondary N) is 1. The van der Waals surface area contributed by atoms with Gasteiger partial charge in [-0.15, -0.1) is 0 Å². The summed E-state index contributed by atoms with van der Waals surface area (Å²) >= 11 is 0. The fraction of sp³-hybridized carbons (Fsp3) is 0.526. The zero-order chi connectivity index (χ0) is 16.5. The number of hydrogen-bond acceptors (Lipinski definition) is 4. The Bertz CT molecular complexity index is 683. The summed E-state index contributed by atoms with van der Waals surface area (Å²) in [5.41, 5.74) is 0. The molecule has 1 aliphatic carbocycles.